The van der Waals surface area contributed by atoms with Gasteiger partial charge in [0.2, 0.25) is 0 Å². The van der Waals surface area contributed by atoms with E-state index < -0.39 is 0 Å². The van der Waals surface area contributed by atoms with E-state index in [0.29, 0.717) is 0 Å². The molecule has 0 heterocycles. The SMILES string of the molecule is C[C@H]1CC[C@H](C2CCC(C3CCC(c4ccc(CCCCCl)cc4)CC3)CC2)CC1. The Hall–Kier alpha value is -0.490. The highest BCUT2D eigenvalue weighted by molar-refractivity contribution is 6.17. The van der Waals surface area contributed by atoms with Crippen LogP contribution in [0.2, 0.25) is 0 Å². The zero-order valence-corrected chi connectivity index (χ0v) is 20.2. The molecule has 0 unspecified atom stereocenters. The molecule has 1 aromatic rings. The summed E-state index contributed by atoms with van der Waals surface area (Å²) >= 11 is 5.81. The average molecular weight is 429 g/mol. The summed E-state index contributed by atoms with van der Waals surface area (Å²) in [5.41, 5.74) is 3.09. The maximum Gasteiger partial charge on any atom is 0.0223 e. The summed E-state index contributed by atoms with van der Waals surface area (Å²) in [6.07, 6.45) is 21.6. The molecule has 0 aliphatic heterocycles. The number of hydrogen-bond donors (Lipinski definition) is 0. The van der Waals surface area contributed by atoms with E-state index in [9.17, 15) is 0 Å². The molecule has 0 nitrogen and oxygen atoms in total. The second kappa shape index (κ2) is 11.4. The quantitative estimate of drug-likeness (QED) is 0.300. The van der Waals surface area contributed by atoms with Crippen LogP contribution in [0.5, 0.6) is 0 Å². The summed E-state index contributed by atoms with van der Waals surface area (Å²) in [6, 6.07) is 9.61. The standard InChI is InChI=1S/C29H45Cl/c1-22-5-9-24(10-6-22)26-13-17-28(18-14-26)29-19-15-27(16-20-29)25-11-7-23(8-12-25)4-2-3-21-30/h7-8,11-12,22,24,26-29H,2-6,9-10,13-21H2,1H3/t22-,24-,26?,27?,28?,29?. The van der Waals surface area contributed by atoms with Crippen molar-refractivity contribution in [2.75, 3.05) is 5.88 Å². The van der Waals surface area contributed by atoms with Crippen molar-refractivity contribution >= 4 is 11.6 Å². The highest BCUT2D eigenvalue weighted by atomic mass is 35.5. The van der Waals surface area contributed by atoms with Crippen LogP contribution in [0.4, 0.5) is 0 Å². The molecule has 168 valence electrons. The molecule has 0 spiro atoms. The van der Waals surface area contributed by atoms with Gasteiger partial charge in [-0.3, -0.25) is 0 Å². The first-order chi connectivity index (χ1) is 14.7. The second-order valence-electron chi connectivity index (χ2n) is 11.2. The highest BCUT2D eigenvalue weighted by Gasteiger charge is 2.34. The fourth-order valence-corrected chi connectivity index (χ4v) is 7.34. The minimum atomic E-state index is 0.794. The summed E-state index contributed by atoms with van der Waals surface area (Å²) in [5, 5.41) is 0. The third kappa shape index (κ3) is 6.05. The first kappa shape index (κ1) is 22.7. The second-order valence-corrected chi connectivity index (χ2v) is 11.6. The zero-order valence-electron chi connectivity index (χ0n) is 19.5. The zero-order chi connectivity index (χ0) is 20.8. The summed E-state index contributed by atoms with van der Waals surface area (Å²) < 4.78 is 0. The van der Waals surface area contributed by atoms with Crippen molar-refractivity contribution in [1.82, 2.24) is 0 Å². The molecule has 0 aromatic heterocycles. The Morgan fingerprint density at radius 2 is 1.10 bits per heavy atom. The first-order valence-electron chi connectivity index (χ1n) is 13.4. The van der Waals surface area contributed by atoms with Crippen molar-refractivity contribution in [3.63, 3.8) is 0 Å². The van der Waals surface area contributed by atoms with Crippen molar-refractivity contribution in [3.05, 3.63) is 35.4 Å². The van der Waals surface area contributed by atoms with Crippen LogP contribution < -0.4 is 0 Å². The molecular formula is C29H45Cl. The van der Waals surface area contributed by atoms with Gasteiger partial charge >= 0.3 is 0 Å². The molecule has 3 aliphatic carbocycles. The Balaban J connectivity index is 1.19. The molecule has 1 aromatic carbocycles. The molecule has 0 N–H and O–H groups in total. The molecule has 30 heavy (non-hydrogen) atoms. The van der Waals surface area contributed by atoms with E-state index >= 15 is 0 Å². The lowest BCUT2D eigenvalue weighted by molar-refractivity contribution is 0.112. The maximum atomic E-state index is 5.81. The molecule has 1 heteroatoms. The molecule has 0 bridgehead atoms. The van der Waals surface area contributed by atoms with Gasteiger partial charge in [-0.25, -0.2) is 0 Å². The molecule has 0 atom stereocenters. The van der Waals surface area contributed by atoms with Crippen molar-refractivity contribution in [2.24, 2.45) is 29.6 Å². The third-order valence-corrected chi connectivity index (χ3v) is 9.55. The molecule has 0 radical (unpaired) electrons. The Morgan fingerprint density at radius 1 is 0.633 bits per heavy atom. The van der Waals surface area contributed by atoms with E-state index in [-0.39, 0.29) is 0 Å². The summed E-state index contributed by atoms with van der Waals surface area (Å²) in [5.74, 6) is 6.85. The van der Waals surface area contributed by atoms with E-state index in [1.165, 1.54) is 69.8 Å². The topological polar surface area (TPSA) is 0 Å². The fraction of sp³-hybridized carbons (Fsp3) is 0.793. The predicted molar refractivity (Wildman–Crippen MR) is 131 cm³/mol. The van der Waals surface area contributed by atoms with E-state index in [2.05, 4.69) is 31.2 Å². The number of rotatable bonds is 7. The van der Waals surface area contributed by atoms with Crippen LogP contribution in [0.3, 0.4) is 0 Å². The van der Waals surface area contributed by atoms with E-state index in [1.807, 2.05) is 0 Å². The first-order valence-corrected chi connectivity index (χ1v) is 13.9. The highest BCUT2D eigenvalue weighted by Crippen LogP contribution is 2.47. The van der Waals surface area contributed by atoms with E-state index in [1.54, 1.807) is 31.2 Å². The number of hydrogen-bond acceptors (Lipinski definition) is 0. The van der Waals surface area contributed by atoms with Gasteiger partial charge in [-0.1, -0.05) is 44.0 Å². The molecule has 0 amide bonds. The number of aryl methyl sites for hydroxylation is 1. The Labute approximate surface area is 191 Å². The molecule has 4 rings (SSSR count). The van der Waals surface area contributed by atoms with Crippen LogP contribution in [0.25, 0.3) is 0 Å². The molecule has 3 aliphatic rings. The Bertz CT molecular complexity index is 596. The van der Waals surface area contributed by atoms with Crippen molar-refractivity contribution < 1.29 is 0 Å². The minimum absolute atomic E-state index is 0.794. The monoisotopic (exact) mass is 428 g/mol. The van der Waals surface area contributed by atoms with Crippen LogP contribution in [-0.4, -0.2) is 5.88 Å². The molecule has 3 fully saturated rings. The Morgan fingerprint density at radius 3 is 1.60 bits per heavy atom. The number of benzene rings is 1. The Kier molecular flexibility index (Phi) is 8.62. The summed E-state index contributed by atoms with van der Waals surface area (Å²) in [6.45, 7) is 2.46. The van der Waals surface area contributed by atoms with Crippen LogP contribution >= 0.6 is 11.6 Å². The normalized spacial score (nSPS) is 35.3. The van der Waals surface area contributed by atoms with Gasteiger partial charge in [-0.2, -0.15) is 0 Å². The molecular weight excluding hydrogens is 384 g/mol. The van der Waals surface area contributed by atoms with Crippen LogP contribution in [-0.2, 0) is 6.42 Å². The van der Waals surface area contributed by atoms with Crippen LogP contribution in [0, 0.1) is 29.6 Å². The predicted octanol–water partition coefficient (Wildman–Crippen LogP) is 9.15. The van der Waals surface area contributed by atoms with Gasteiger partial charge in [0.15, 0.2) is 0 Å². The van der Waals surface area contributed by atoms with Gasteiger partial charge in [0.25, 0.3) is 0 Å². The van der Waals surface area contributed by atoms with Crippen molar-refractivity contribution in [1.29, 1.82) is 0 Å². The van der Waals surface area contributed by atoms with Crippen LogP contribution in [0.1, 0.15) is 114 Å². The smallest absolute Gasteiger partial charge is 0.0223 e. The van der Waals surface area contributed by atoms with Crippen LogP contribution in [0.15, 0.2) is 24.3 Å². The average Bonchev–Trinajstić information content (AvgIpc) is 2.81. The lowest BCUT2D eigenvalue weighted by Crippen LogP contribution is -2.29. The summed E-state index contributed by atoms with van der Waals surface area (Å²) in [4.78, 5) is 0. The number of alkyl halides is 1. The number of halogens is 1. The summed E-state index contributed by atoms with van der Waals surface area (Å²) in [7, 11) is 0. The molecule has 3 saturated carbocycles. The largest absolute Gasteiger partial charge is 0.127 e. The van der Waals surface area contributed by atoms with E-state index in [0.717, 1.165) is 47.8 Å². The maximum absolute atomic E-state index is 5.81. The molecule has 0 saturated heterocycles. The lowest BCUT2D eigenvalue weighted by atomic mass is 9.65. The lowest BCUT2D eigenvalue weighted by Gasteiger charge is -2.41. The fourth-order valence-electron chi connectivity index (χ4n) is 7.15. The van der Waals surface area contributed by atoms with Crippen molar-refractivity contribution in [2.45, 2.75) is 109 Å². The van der Waals surface area contributed by atoms with Gasteiger partial charge in [-0.15, -0.1) is 11.6 Å². The van der Waals surface area contributed by atoms with E-state index in [4.69, 9.17) is 11.6 Å². The van der Waals surface area contributed by atoms with Gasteiger partial charge in [0.05, 0.1) is 0 Å². The minimum Gasteiger partial charge on any atom is -0.127 e. The van der Waals surface area contributed by atoms with Gasteiger partial charge in [-0.05, 0) is 130 Å². The van der Waals surface area contributed by atoms with Gasteiger partial charge < -0.3 is 0 Å². The number of unbranched alkanes of at least 4 members (excludes halogenated alkanes) is 1. The van der Waals surface area contributed by atoms with Gasteiger partial charge in [0, 0.05) is 5.88 Å². The van der Waals surface area contributed by atoms with Gasteiger partial charge in [0.1, 0.15) is 0 Å². The third-order valence-electron chi connectivity index (χ3n) is 9.28. The van der Waals surface area contributed by atoms with Crippen molar-refractivity contribution in [3.8, 4) is 0 Å².